The van der Waals surface area contributed by atoms with E-state index in [9.17, 15) is 18.4 Å². The topological polar surface area (TPSA) is 78.9 Å². The molecule has 0 saturated carbocycles. The standard InChI is InChI=1S/C13H14F2N2O4/c14-11(15)6-17(3-4-18)13(20)8-1-2-10-9(5-8)16-12(19)7-21-10/h1-2,5,11,18H,3-4,6-7H2,(H,16,19). The zero-order chi connectivity index (χ0) is 15.4. The van der Waals surface area contributed by atoms with Gasteiger partial charge in [-0.1, -0.05) is 0 Å². The van der Waals surface area contributed by atoms with Crippen LogP contribution in [0.2, 0.25) is 0 Å². The maximum Gasteiger partial charge on any atom is 0.262 e. The molecule has 0 fully saturated rings. The Morgan fingerprint density at radius 3 is 2.90 bits per heavy atom. The third-order valence-corrected chi connectivity index (χ3v) is 2.87. The van der Waals surface area contributed by atoms with Gasteiger partial charge in [0.05, 0.1) is 18.8 Å². The van der Waals surface area contributed by atoms with Crippen LogP contribution in [0.1, 0.15) is 10.4 Å². The number of aliphatic hydroxyl groups is 1. The summed E-state index contributed by atoms with van der Waals surface area (Å²) in [6.07, 6.45) is -2.69. The summed E-state index contributed by atoms with van der Waals surface area (Å²) in [6, 6.07) is 4.28. The van der Waals surface area contributed by atoms with Crippen LogP contribution in [-0.2, 0) is 4.79 Å². The van der Waals surface area contributed by atoms with Gasteiger partial charge in [0.15, 0.2) is 6.61 Å². The second-order valence-electron chi connectivity index (χ2n) is 4.41. The minimum absolute atomic E-state index is 0.109. The molecule has 2 rings (SSSR count). The Morgan fingerprint density at radius 2 is 2.24 bits per heavy atom. The highest BCUT2D eigenvalue weighted by Gasteiger charge is 2.22. The number of benzene rings is 1. The second-order valence-corrected chi connectivity index (χ2v) is 4.41. The van der Waals surface area contributed by atoms with Gasteiger partial charge >= 0.3 is 0 Å². The minimum Gasteiger partial charge on any atom is -0.482 e. The quantitative estimate of drug-likeness (QED) is 0.840. The van der Waals surface area contributed by atoms with Crippen molar-refractivity contribution < 1.29 is 28.2 Å². The highest BCUT2D eigenvalue weighted by molar-refractivity contribution is 5.99. The summed E-state index contributed by atoms with van der Waals surface area (Å²) < 4.78 is 30.1. The van der Waals surface area contributed by atoms with Gasteiger partial charge in [0.25, 0.3) is 18.2 Å². The number of hydrogen-bond donors (Lipinski definition) is 2. The highest BCUT2D eigenvalue weighted by atomic mass is 19.3. The Balaban J connectivity index is 2.21. The number of amides is 2. The van der Waals surface area contributed by atoms with E-state index in [2.05, 4.69) is 5.32 Å². The predicted molar refractivity (Wildman–Crippen MR) is 69.6 cm³/mol. The van der Waals surface area contributed by atoms with Crippen molar-refractivity contribution >= 4 is 17.5 Å². The summed E-state index contributed by atoms with van der Waals surface area (Å²) in [5, 5.41) is 11.4. The van der Waals surface area contributed by atoms with E-state index in [-0.39, 0.29) is 24.6 Å². The lowest BCUT2D eigenvalue weighted by Crippen LogP contribution is -2.37. The predicted octanol–water partition coefficient (Wildman–Crippen LogP) is 0.717. The number of nitrogens with zero attached hydrogens (tertiary/aromatic N) is 1. The lowest BCUT2D eigenvalue weighted by Gasteiger charge is -2.23. The fourth-order valence-electron chi connectivity index (χ4n) is 1.96. The van der Waals surface area contributed by atoms with Crippen LogP contribution in [0.5, 0.6) is 5.75 Å². The summed E-state index contributed by atoms with van der Waals surface area (Å²) >= 11 is 0. The van der Waals surface area contributed by atoms with Gasteiger partial charge < -0.3 is 20.1 Å². The van der Waals surface area contributed by atoms with Crippen LogP contribution >= 0.6 is 0 Å². The average molecular weight is 300 g/mol. The first-order valence-corrected chi connectivity index (χ1v) is 6.26. The maximum atomic E-state index is 12.5. The zero-order valence-corrected chi connectivity index (χ0v) is 11.0. The van der Waals surface area contributed by atoms with E-state index in [4.69, 9.17) is 9.84 Å². The van der Waals surface area contributed by atoms with Crippen molar-refractivity contribution in [2.45, 2.75) is 6.43 Å². The Kier molecular flexibility index (Phi) is 4.69. The number of alkyl halides is 2. The van der Waals surface area contributed by atoms with Crippen LogP contribution in [0.25, 0.3) is 0 Å². The molecular weight excluding hydrogens is 286 g/mol. The van der Waals surface area contributed by atoms with E-state index in [0.29, 0.717) is 11.4 Å². The first kappa shape index (κ1) is 15.2. The molecule has 0 aliphatic carbocycles. The van der Waals surface area contributed by atoms with E-state index in [0.717, 1.165) is 4.90 Å². The van der Waals surface area contributed by atoms with E-state index in [1.165, 1.54) is 18.2 Å². The Bertz CT molecular complexity index is 551. The number of hydrogen-bond acceptors (Lipinski definition) is 4. The van der Waals surface area contributed by atoms with Gasteiger partial charge in [-0.2, -0.15) is 0 Å². The molecule has 21 heavy (non-hydrogen) atoms. The Labute approximate surface area is 119 Å². The van der Waals surface area contributed by atoms with Crippen LogP contribution < -0.4 is 10.1 Å². The van der Waals surface area contributed by atoms with E-state index < -0.39 is 25.5 Å². The summed E-state index contributed by atoms with van der Waals surface area (Å²) in [5.74, 6) is -0.590. The van der Waals surface area contributed by atoms with E-state index in [1.54, 1.807) is 0 Å². The van der Waals surface area contributed by atoms with Crippen molar-refractivity contribution in [2.24, 2.45) is 0 Å². The van der Waals surface area contributed by atoms with Crippen molar-refractivity contribution in [3.63, 3.8) is 0 Å². The molecule has 1 aromatic rings. The molecule has 0 atom stereocenters. The number of ether oxygens (including phenoxy) is 1. The van der Waals surface area contributed by atoms with Crippen LogP contribution in [0.4, 0.5) is 14.5 Å². The number of anilines is 1. The van der Waals surface area contributed by atoms with Gasteiger partial charge in [-0.15, -0.1) is 0 Å². The molecule has 6 nitrogen and oxygen atoms in total. The molecular formula is C13H14F2N2O4. The van der Waals surface area contributed by atoms with Crippen LogP contribution in [-0.4, -0.2) is 54.5 Å². The number of rotatable bonds is 5. The van der Waals surface area contributed by atoms with Crippen LogP contribution in [0.3, 0.4) is 0 Å². The molecule has 1 aliphatic rings. The zero-order valence-electron chi connectivity index (χ0n) is 11.0. The lowest BCUT2D eigenvalue weighted by atomic mass is 10.1. The van der Waals surface area contributed by atoms with Gasteiger partial charge in [-0.25, -0.2) is 8.78 Å². The molecule has 0 spiro atoms. The lowest BCUT2D eigenvalue weighted by molar-refractivity contribution is -0.118. The number of nitrogens with one attached hydrogen (secondary N) is 1. The normalized spacial score (nSPS) is 13.4. The molecule has 1 heterocycles. The first-order valence-electron chi connectivity index (χ1n) is 6.26. The maximum absolute atomic E-state index is 12.5. The molecule has 0 bridgehead atoms. The first-order chi connectivity index (χ1) is 10.0. The minimum atomic E-state index is -2.69. The largest absolute Gasteiger partial charge is 0.482 e. The number of aliphatic hydroxyl groups excluding tert-OH is 1. The molecule has 114 valence electrons. The molecule has 1 aromatic carbocycles. The fourth-order valence-corrected chi connectivity index (χ4v) is 1.96. The van der Waals surface area contributed by atoms with Crippen LogP contribution in [0.15, 0.2) is 18.2 Å². The summed E-state index contributed by atoms with van der Waals surface area (Å²) in [7, 11) is 0. The monoisotopic (exact) mass is 300 g/mol. The second kappa shape index (κ2) is 6.49. The number of carbonyl (C=O) groups is 2. The molecule has 2 amide bonds. The number of carbonyl (C=O) groups excluding carboxylic acids is 2. The van der Waals surface area contributed by atoms with E-state index >= 15 is 0 Å². The van der Waals surface area contributed by atoms with Gasteiger partial charge in [-0.05, 0) is 18.2 Å². The summed E-state index contributed by atoms with van der Waals surface area (Å²) in [4.78, 5) is 24.2. The van der Waals surface area contributed by atoms with Crippen molar-refractivity contribution in [1.29, 1.82) is 0 Å². The van der Waals surface area contributed by atoms with Crippen LogP contribution in [0, 0.1) is 0 Å². The van der Waals surface area contributed by atoms with Gasteiger partial charge in [-0.3, -0.25) is 9.59 Å². The van der Waals surface area contributed by atoms with Gasteiger partial charge in [0, 0.05) is 12.1 Å². The van der Waals surface area contributed by atoms with Crippen molar-refractivity contribution in [1.82, 2.24) is 4.90 Å². The molecule has 8 heteroatoms. The average Bonchev–Trinajstić information content (AvgIpc) is 2.44. The number of fused-ring (bicyclic) bond motifs is 1. The molecule has 1 aliphatic heterocycles. The van der Waals surface area contributed by atoms with Crippen molar-refractivity contribution in [2.75, 3.05) is 31.6 Å². The smallest absolute Gasteiger partial charge is 0.262 e. The Hall–Kier alpha value is -2.22. The van der Waals surface area contributed by atoms with Crippen molar-refractivity contribution in [3.8, 4) is 5.75 Å². The van der Waals surface area contributed by atoms with Gasteiger partial charge in [0.2, 0.25) is 0 Å². The summed E-state index contributed by atoms with van der Waals surface area (Å²) in [6.45, 7) is -1.48. The highest BCUT2D eigenvalue weighted by Crippen LogP contribution is 2.28. The third kappa shape index (κ3) is 3.66. The fraction of sp³-hybridized carbons (Fsp3) is 0.385. The molecule has 0 aromatic heterocycles. The Morgan fingerprint density at radius 1 is 1.48 bits per heavy atom. The van der Waals surface area contributed by atoms with E-state index in [1.807, 2.05) is 0 Å². The van der Waals surface area contributed by atoms with Gasteiger partial charge in [0.1, 0.15) is 5.75 Å². The van der Waals surface area contributed by atoms with Crippen molar-refractivity contribution in [3.05, 3.63) is 23.8 Å². The SMILES string of the molecule is O=C1COc2ccc(C(=O)N(CCO)CC(F)F)cc2N1. The molecule has 0 radical (unpaired) electrons. The number of halogens is 2. The molecule has 0 saturated heterocycles. The third-order valence-electron chi connectivity index (χ3n) is 2.87. The summed E-state index contributed by atoms with van der Waals surface area (Å²) in [5.41, 5.74) is 0.451. The molecule has 0 unspecified atom stereocenters. The molecule has 2 N–H and O–H groups in total.